The summed E-state index contributed by atoms with van der Waals surface area (Å²) in [4.78, 5) is 7.11. The fourth-order valence-corrected chi connectivity index (χ4v) is 3.63. The highest BCUT2D eigenvalue weighted by molar-refractivity contribution is 5.15. The van der Waals surface area contributed by atoms with Crippen LogP contribution in [0.25, 0.3) is 0 Å². The van der Waals surface area contributed by atoms with Gasteiger partial charge in [0.2, 0.25) is 5.89 Å². The van der Waals surface area contributed by atoms with Gasteiger partial charge in [0.25, 0.3) is 0 Å². The van der Waals surface area contributed by atoms with E-state index in [1.807, 2.05) is 10.8 Å². The minimum atomic E-state index is 0.549. The smallest absolute Gasteiger partial charge is 0.229 e. The Bertz CT molecular complexity index is 722. The summed E-state index contributed by atoms with van der Waals surface area (Å²) in [6, 6.07) is 0. The summed E-state index contributed by atoms with van der Waals surface area (Å²) in [7, 11) is 0. The lowest BCUT2D eigenvalue weighted by Gasteiger charge is -2.31. The quantitative estimate of drug-likeness (QED) is 0.724. The van der Waals surface area contributed by atoms with Crippen LogP contribution in [-0.4, -0.2) is 37.9 Å². The van der Waals surface area contributed by atoms with Crippen molar-refractivity contribution in [1.29, 1.82) is 0 Å². The van der Waals surface area contributed by atoms with E-state index < -0.39 is 0 Å². The molecule has 25 heavy (non-hydrogen) atoms. The van der Waals surface area contributed by atoms with Gasteiger partial charge >= 0.3 is 0 Å². The Morgan fingerprint density at radius 1 is 1.28 bits per heavy atom. The van der Waals surface area contributed by atoms with Crippen LogP contribution in [0, 0.1) is 12.8 Å². The molecule has 6 heteroatoms. The third kappa shape index (κ3) is 4.00. The van der Waals surface area contributed by atoms with E-state index in [0.29, 0.717) is 11.8 Å². The van der Waals surface area contributed by atoms with E-state index in [2.05, 4.69) is 39.8 Å². The maximum absolute atomic E-state index is 5.38. The van der Waals surface area contributed by atoms with Crippen LogP contribution in [0.1, 0.15) is 54.6 Å². The second-order valence-corrected chi connectivity index (χ2v) is 7.50. The highest BCUT2D eigenvalue weighted by Gasteiger charge is 2.30. The lowest BCUT2D eigenvalue weighted by atomic mass is 9.93. The van der Waals surface area contributed by atoms with Crippen molar-refractivity contribution in [3.63, 3.8) is 0 Å². The molecule has 0 spiro atoms. The number of nitrogens with zero attached hydrogens (tertiary/aromatic N) is 5. The molecule has 0 atom stereocenters. The van der Waals surface area contributed by atoms with Crippen molar-refractivity contribution in [2.75, 3.05) is 13.1 Å². The third-order valence-electron chi connectivity index (χ3n) is 5.35. The molecule has 2 aliphatic rings. The van der Waals surface area contributed by atoms with Gasteiger partial charge in [-0.2, -0.15) is 10.1 Å². The summed E-state index contributed by atoms with van der Waals surface area (Å²) in [5.74, 6) is 2.99. The first-order valence-corrected chi connectivity index (χ1v) is 9.40. The molecule has 0 radical (unpaired) electrons. The zero-order chi connectivity index (χ0) is 17.2. The van der Waals surface area contributed by atoms with Gasteiger partial charge in [0.05, 0.1) is 12.2 Å². The largest absolute Gasteiger partial charge is 0.339 e. The molecule has 1 aliphatic heterocycles. The number of hydrogen-bond acceptors (Lipinski definition) is 5. The van der Waals surface area contributed by atoms with Gasteiger partial charge in [-0.05, 0) is 51.6 Å². The van der Waals surface area contributed by atoms with Crippen LogP contribution in [0.2, 0.25) is 0 Å². The molecule has 0 N–H and O–H groups in total. The topological polar surface area (TPSA) is 60.0 Å². The molecule has 0 bridgehead atoms. The predicted octanol–water partition coefficient (Wildman–Crippen LogP) is 3.09. The van der Waals surface area contributed by atoms with Gasteiger partial charge in [0, 0.05) is 30.6 Å². The summed E-state index contributed by atoms with van der Waals surface area (Å²) < 4.78 is 7.35. The van der Waals surface area contributed by atoms with Gasteiger partial charge in [0.15, 0.2) is 5.82 Å². The molecule has 1 aliphatic carbocycles. The summed E-state index contributed by atoms with van der Waals surface area (Å²) in [5, 5.41) is 8.72. The Balaban J connectivity index is 1.26. The van der Waals surface area contributed by atoms with Crippen LogP contribution in [0.3, 0.4) is 0 Å². The Morgan fingerprint density at radius 2 is 2.08 bits per heavy atom. The molecule has 0 aromatic carbocycles. The lowest BCUT2D eigenvalue weighted by molar-refractivity contribution is 0.175. The summed E-state index contributed by atoms with van der Waals surface area (Å²) in [6.07, 6.45) is 9.82. The zero-order valence-corrected chi connectivity index (χ0v) is 15.0. The first-order valence-electron chi connectivity index (χ1n) is 9.40. The van der Waals surface area contributed by atoms with Crippen molar-refractivity contribution in [2.24, 2.45) is 5.92 Å². The maximum Gasteiger partial charge on any atom is 0.229 e. The fourth-order valence-electron chi connectivity index (χ4n) is 3.63. The van der Waals surface area contributed by atoms with Crippen LogP contribution < -0.4 is 0 Å². The SMILES string of the molecule is C=CCn1cc(CN2CCC(Cc3noc(C4CC4)n3)CC2)c(C)n1. The number of rotatable bonds is 7. The van der Waals surface area contributed by atoms with E-state index in [1.165, 1.54) is 31.2 Å². The molecule has 1 saturated heterocycles. The molecule has 2 aromatic heterocycles. The van der Waals surface area contributed by atoms with Crippen molar-refractivity contribution in [3.05, 3.63) is 41.8 Å². The summed E-state index contributed by atoms with van der Waals surface area (Å²) in [6.45, 7) is 9.89. The Kier molecular flexibility index (Phi) is 4.70. The third-order valence-corrected chi connectivity index (χ3v) is 5.35. The normalized spacial score (nSPS) is 19.4. The van der Waals surface area contributed by atoms with E-state index in [-0.39, 0.29) is 0 Å². The Labute approximate surface area is 148 Å². The average molecular weight is 341 g/mol. The standard InChI is InChI=1S/C19H27N5O/c1-3-8-24-13-17(14(2)21-24)12-23-9-6-15(7-10-23)11-18-20-19(25-22-18)16-4-5-16/h3,13,15-16H,1,4-12H2,2H3. The molecule has 0 unspecified atom stereocenters. The highest BCUT2D eigenvalue weighted by Crippen LogP contribution is 2.39. The summed E-state index contributed by atoms with van der Waals surface area (Å²) in [5.41, 5.74) is 2.45. The van der Waals surface area contributed by atoms with E-state index >= 15 is 0 Å². The number of aromatic nitrogens is 4. The minimum Gasteiger partial charge on any atom is -0.339 e. The van der Waals surface area contributed by atoms with Crippen LogP contribution in [0.5, 0.6) is 0 Å². The van der Waals surface area contributed by atoms with Gasteiger partial charge in [-0.15, -0.1) is 6.58 Å². The number of piperidine rings is 1. The monoisotopic (exact) mass is 341 g/mol. The van der Waals surface area contributed by atoms with E-state index in [0.717, 1.165) is 50.0 Å². The van der Waals surface area contributed by atoms with Gasteiger partial charge in [-0.3, -0.25) is 9.58 Å². The summed E-state index contributed by atoms with van der Waals surface area (Å²) >= 11 is 0. The van der Waals surface area contributed by atoms with Gasteiger partial charge < -0.3 is 4.52 Å². The van der Waals surface area contributed by atoms with E-state index in [4.69, 9.17) is 4.52 Å². The molecule has 6 nitrogen and oxygen atoms in total. The number of likely N-dealkylation sites (tertiary alicyclic amines) is 1. The molecule has 2 fully saturated rings. The average Bonchev–Trinajstić information content (AvgIpc) is 3.26. The zero-order valence-electron chi connectivity index (χ0n) is 15.0. The fraction of sp³-hybridized carbons (Fsp3) is 0.632. The van der Waals surface area contributed by atoms with Crippen molar-refractivity contribution in [2.45, 2.75) is 58.0 Å². The molecular weight excluding hydrogens is 314 g/mol. The second kappa shape index (κ2) is 7.12. The maximum atomic E-state index is 5.38. The van der Waals surface area contributed by atoms with Gasteiger partial charge in [-0.1, -0.05) is 11.2 Å². The minimum absolute atomic E-state index is 0.549. The van der Waals surface area contributed by atoms with Crippen LogP contribution in [0.4, 0.5) is 0 Å². The van der Waals surface area contributed by atoms with Gasteiger partial charge in [-0.25, -0.2) is 0 Å². The molecule has 1 saturated carbocycles. The molecule has 4 rings (SSSR count). The number of allylic oxidation sites excluding steroid dienone is 1. The Hall–Kier alpha value is -1.95. The second-order valence-electron chi connectivity index (χ2n) is 7.50. The van der Waals surface area contributed by atoms with Crippen LogP contribution in [0.15, 0.2) is 23.4 Å². The number of aryl methyl sites for hydroxylation is 1. The molecule has 0 amide bonds. The first kappa shape index (κ1) is 16.5. The van der Waals surface area contributed by atoms with Crippen molar-refractivity contribution < 1.29 is 4.52 Å². The lowest BCUT2D eigenvalue weighted by Crippen LogP contribution is -2.34. The Morgan fingerprint density at radius 3 is 2.80 bits per heavy atom. The van der Waals surface area contributed by atoms with E-state index in [1.54, 1.807) is 0 Å². The van der Waals surface area contributed by atoms with Crippen molar-refractivity contribution in [1.82, 2.24) is 24.8 Å². The molecule has 2 aromatic rings. The van der Waals surface area contributed by atoms with Crippen LogP contribution in [-0.2, 0) is 19.5 Å². The molecule has 134 valence electrons. The number of hydrogen-bond donors (Lipinski definition) is 0. The van der Waals surface area contributed by atoms with E-state index in [9.17, 15) is 0 Å². The van der Waals surface area contributed by atoms with Crippen molar-refractivity contribution in [3.8, 4) is 0 Å². The first-order chi connectivity index (χ1) is 12.2. The molecular formula is C19H27N5O. The van der Waals surface area contributed by atoms with Gasteiger partial charge in [0.1, 0.15) is 0 Å². The highest BCUT2D eigenvalue weighted by atomic mass is 16.5. The van der Waals surface area contributed by atoms with Crippen molar-refractivity contribution >= 4 is 0 Å². The van der Waals surface area contributed by atoms with Crippen LogP contribution >= 0.6 is 0 Å². The predicted molar refractivity (Wildman–Crippen MR) is 95.1 cm³/mol. The molecule has 3 heterocycles.